The summed E-state index contributed by atoms with van der Waals surface area (Å²) in [4.78, 5) is 4.41. The highest BCUT2D eigenvalue weighted by Crippen LogP contribution is 2.37. The smallest absolute Gasteiger partial charge is 0.231 e. The zero-order chi connectivity index (χ0) is 14.1. The molecule has 1 N–H and O–H groups in total. The summed E-state index contributed by atoms with van der Waals surface area (Å²) in [5.41, 5.74) is 0. The fourth-order valence-electron chi connectivity index (χ4n) is 2.46. The quantitative estimate of drug-likeness (QED) is 0.796. The number of aromatic nitrogens is 1. The van der Waals surface area contributed by atoms with Gasteiger partial charge in [-0.25, -0.2) is 4.98 Å². The van der Waals surface area contributed by atoms with Crippen LogP contribution in [0.25, 0.3) is 10.8 Å². The van der Waals surface area contributed by atoms with Gasteiger partial charge in [0.15, 0.2) is 11.5 Å². The van der Waals surface area contributed by atoms with Crippen LogP contribution in [0.5, 0.6) is 11.5 Å². The number of fused-ring (bicyclic) bond motifs is 2. The predicted octanol–water partition coefficient (Wildman–Crippen LogP) is 3.21. The summed E-state index contributed by atoms with van der Waals surface area (Å²) in [5.74, 6) is 3.36. The molecule has 3 aromatic rings. The second kappa shape index (κ2) is 5.01. The van der Waals surface area contributed by atoms with Crippen LogP contribution in [-0.4, -0.2) is 18.3 Å². The average Bonchev–Trinajstić information content (AvgIpc) is 3.16. The molecule has 5 nitrogen and oxygen atoms in total. The summed E-state index contributed by atoms with van der Waals surface area (Å²) in [6.07, 6.45) is 4.29. The molecule has 5 heteroatoms. The van der Waals surface area contributed by atoms with Crippen molar-refractivity contribution in [2.45, 2.75) is 6.42 Å². The number of anilines is 1. The minimum atomic E-state index is 0.278. The largest absolute Gasteiger partial charge is 0.469 e. The maximum atomic E-state index is 5.43. The fraction of sp³-hybridized carbons (Fsp3) is 0.188. The van der Waals surface area contributed by atoms with Crippen molar-refractivity contribution < 1.29 is 13.9 Å². The first-order valence-electron chi connectivity index (χ1n) is 6.85. The number of hydrogen-bond acceptors (Lipinski definition) is 5. The molecule has 0 saturated carbocycles. The minimum absolute atomic E-state index is 0.278. The molecular formula is C16H14N2O3. The molecule has 1 aliphatic rings. The van der Waals surface area contributed by atoms with Gasteiger partial charge in [-0.2, -0.15) is 0 Å². The van der Waals surface area contributed by atoms with Crippen LogP contribution in [0.15, 0.2) is 47.2 Å². The van der Waals surface area contributed by atoms with E-state index in [2.05, 4.69) is 10.3 Å². The molecule has 0 bridgehead atoms. The molecule has 0 unspecified atom stereocenters. The van der Waals surface area contributed by atoms with Gasteiger partial charge in [-0.3, -0.25) is 0 Å². The Labute approximate surface area is 121 Å². The molecule has 0 radical (unpaired) electrons. The molecule has 0 amide bonds. The number of nitrogens with zero attached hydrogens (tertiary/aromatic N) is 1. The van der Waals surface area contributed by atoms with E-state index in [-0.39, 0.29) is 6.79 Å². The number of pyridine rings is 1. The molecule has 0 atom stereocenters. The van der Waals surface area contributed by atoms with E-state index in [1.54, 1.807) is 12.5 Å². The van der Waals surface area contributed by atoms with Crippen molar-refractivity contribution >= 4 is 16.6 Å². The summed E-state index contributed by atoms with van der Waals surface area (Å²) in [7, 11) is 0. The average molecular weight is 282 g/mol. The van der Waals surface area contributed by atoms with Gasteiger partial charge in [-0.15, -0.1) is 0 Å². The van der Waals surface area contributed by atoms with Gasteiger partial charge in [-0.1, -0.05) is 0 Å². The molecule has 4 rings (SSSR count). The van der Waals surface area contributed by atoms with Gasteiger partial charge in [0.1, 0.15) is 11.6 Å². The number of rotatable bonds is 4. The predicted molar refractivity (Wildman–Crippen MR) is 78.8 cm³/mol. The van der Waals surface area contributed by atoms with E-state index in [1.165, 1.54) is 0 Å². The molecule has 3 heterocycles. The van der Waals surface area contributed by atoms with Crippen molar-refractivity contribution in [3.63, 3.8) is 0 Å². The van der Waals surface area contributed by atoms with Crippen LogP contribution in [0.3, 0.4) is 0 Å². The van der Waals surface area contributed by atoms with Crippen LogP contribution in [-0.2, 0) is 6.42 Å². The van der Waals surface area contributed by atoms with Gasteiger partial charge in [-0.05, 0) is 35.7 Å². The van der Waals surface area contributed by atoms with Crippen molar-refractivity contribution in [1.29, 1.82) is 0 Å². The third-order valence-electron chi connectivity index (χ3n) is 3.50. The van der Waals surface area contributed by atoms with Crippen molar-refractivity contribution in [2.24, 2.45) is 0 Å². The zero-order valence-electron chi connectivity index (χ0n) is 11.3. The zero-order valence-corrected chi connectivity index (χ0v) is 11.3. The lowest BCUT2D eigenvalue weighted by Gasteiger charge is -2.09. The van der Waals surface area contributed by atoms with Gasteiger partial charge in [0.05, 0.1) is 6.26 Å². The number of furan rings is 1. The first kappa shape index (κ1) is 12.1. The van der Waals surface area contributed by atoms with Crippen LogP contribution in [0, 0.1) is 0 Å². The van der Waals surface area contributed by atoms with Crippen molar-refractivity contribution in [3.05, 3.63) is 48.6 Å². The lowest BCUT2D eigenvalue weighted by atomic mass is 10.1. The van der Waals surface area contributed by atoms with Crippen LogP contribution in [0.2, 0.25) is 0 Å². The lowest BCUT2D eigenvalue weighted by molar-refractivity contribution is 0.174. The van der Waals surface area contributed by atoms with E-state index in [0.717, 1.165) is 46.8 Å². The standard InChI is InChI=1S/C16H14N2O3/c1-2-12(19-7-1)4-6-18-16-13-9-15-14(20-10-21-15)8-11(13)3-5-17-16/h1-3,5,7-9H,4,6,10H2,(H,17,18). The molecule has 21 heavy (non-hydrogen) atoms. The van der Waals surface area contributed by atoms with Gasteiger partial charge in [0.25, 0.3) is 0 Å². The summed E-state index contributed by atoms with van der Waals surface area (Å²) in [5, 5.41) is 5.46. The van der Waals surface area contributed by atoms with Gasteiger partial charge in [0, 0.05) is 24.5 Å². The Balaban J connectivity index is 1.59. The normalized spacial score (nSPS) is 12.8. The summed E-state index contributed by atoms with van der Waals surface area (Å²) in [6.45, 7) is 1.04. The van der Waals surface area contributed by atoms with Crippen LogP contribution in [0.4, 0.5) is 5.82 Å². The number of nitrogens with one attached hydrogen (secondary N) is 1. The van der Waals surface area contributed by atoms with Crippen LogP contribution >= 0.6 is 0 Å². The van der Waals surface area contributed by atoms with Crippen molar-refractivity contribution in [2.75, 3.05) is 18.7 Å². The molecule has 0 saturated heterocycles. The van der Waals surface area contributed by atoms with Gasteiger partial charge >= 0.3 is 0 Å². The molecule has 106 valence electrons. The van der Waals surface area contributed by atoms with E-state index in [9.17, 15) is 0 Å². The minimum Gasteiger partial charge on any atom is -0.469 e. The molecule has 2 aromatic heterocycles. The maximum Gasteiger partial charge on any atom is 0.231 e. The number of ether oxygens (including phenoxy) is 2. The number of hydrogen-bond donors (Lipinski definition) is 1. The van der Waals surface area contributed by atoms with E-state index in [4.69, 9.17) is 13.9 Å². The van der Waals surface area contributed by atoms with E-state index < -0.39 is 0 Å². The Hall–Kier alpha value is -2.69. The van der Waals surface area contributed by atoms with Gasteiger partial charge < -0.3 is 19.2 Å². The SMILES string of the molecule is c1coc(CCNc2nccc3cc4c(cc23)OCO4)c1. The monoisotopic (exact) mass is 282 g/mol. The first-order valence-corrected chi connectivity index (χ1v) is 6.85. The highest BCUT2D eigenvalue weighted by molar-refractivity contribution is 5.94. The van der Waals surface area contributed by atoms with Gasteiger partial charge in [0.2, 0.25) is 6.79 Å². The Morgan fingerprint density at radius 2 is 2.05 bits per heavy atom. The van der Waals surface area contributed by atoms with Crippen LogP contribution in [0.1, 0.15) is 5.76 Å². The van der Waals surface area contributed by atoms with E-state index >= 15 is 0 Å². The summed E-state index contributed by atoms with van der Waals surface area (Å²) >= 11 is 0. The van der Waals surface area contributed by atoms with E-state index in [0.29, 0.717) is 0 Å². The first-order chi connectivity index (χ1) is 10.4. The lowest BCUT2D eigenvalue weighted by Crippen LogP contribution is -2.06. The number of benzene rings is 1. The Kier molecular flexibility index (Phi) is 2.88. The molecule has 0 fully saturated rings. The van der Waals surface area contributed by atoms with Crippen LogP contribution < -0.4 is 14.8 Å². The van der Waals surface area contributed by atoms with E-state index in [1.807, 2.05) is 30.3 Å². The molecule has 0 spiro atoms. The highest BCUT2D eigenvalue weighted by atomic mass is 16.7. The van der Waals surface area contributed by atoms with Crippen molar-refractivity contribution in [1.82, 2.24) is 4.98 Å². The second-order valence-corrected chi connectivity index (χ2v) is 4.84. The summed E-state index contributed by atoms with van der Waals surface area (Å²) < 4.78 is 16.2. The molecular weight excluding hydrogens is 268 g/mol. The Morgan fingerprint density at radius 1 is 1.14 bits per heavy atom. The fourth-order valence-corrected chi connectivity index (χ4v) is 2.46. The molecule has 1 aliphatic heterocycles. The Bertz CT molecular complexity index is 769. The molecule has 1 aromatic carbocycles. The topological polar surface area (TPSA) is 56.5 Å². The Morgan fingerprint density at radius 3 is 2.90 bits per heavy atom. The highest BCUT2D eigenvalue weighted by Gasteiger charge is 2.15. The third-order valence-corrected chi connectivity index (χ3v) is 3.50. The third kappa shape index (κ3) is 2.27. The summed E-state index contributed by atoms with van der Waals surface area (Å²) in [6, 6.07) is 9.79. The maximum absolute atomic E-state index is 5.43. The molecule has 0 aliphatic carbocycles. The van der Waals surface area contributed by atoms with Crippen molar-refractivity contribution in [3.8, 4) is 11.5 Å². The second-order valence-electron chi connectivity index (χ2n) is 4.84.